The molecule has 0 bridgehead atoms. The van der Waals surface area contributed by atoms with Gasteiger partial charge in [-0.3, -0.25) is 4.79 Å². The van der Waals surface area contributed by atoms with Gasteiger partial charge in [0.25, 0.3) is 0 Å². The summed E-state index contributed by atoms with van der Waals surface area (Å²) in [7, 11) is -3.57. The molecule has 1 fully saturated rings. The van der Waals surface area contributed by atoms with Gasteiger partial charge in [-0.1, -0.05) is 18.2 Å². The Morgan fingerprint density at radius 3 is 2.61 bits per heavy atom. The van der Waals surface area contributed by atoms with Crippen molar-refractivity contribution in [1.29, 1.82) is 0 Å². The number of carbonyl (C=O) groups is 1. The number of benzene rings is 1. The van der Waals surface area contributed by atoms with Gasteiger partial charge in [0.15, 0.2) is 0 Å². The first kappa shape index (κ1) is 13.0. The third-order valence-corrected chi connectivity index (χ3v) is 5.24. The molecule has 1 N–H and O–H groups in total. The van der Waals surface area contributed by atoms with E-state index in [2.05, 4.69) is 0 Å². The van der Waals surface area contributed by atoms with Crippen LogP contribution < -0.4 is 0 Å². The number of aliphatic carboxylic acids is 1. The van der Waals surface area contributed by atoms with E-state index in [-0.39, 0.29) is 18.0 Å². The SMILES string of the molecule is Cc1ccccc1S(=O)(=O)N1CCC(C(=O)O)C1. The Hall–Kier alpha value is -1.40. The van der Waals surface area contributed by atoms with Gasteiger partial charge in [-0.25, -0.2) is 8.42 Å². The predicted octanol–water partition coefficient (Wildman–Crippen LogP) is 1.09. The second kappa shape index (κ2) is 4.70. The first-order valence-corrected chi connectivity index (χ1v) is 7.15. The summed E-state index contributed by atoms with van der Waals surface area (Å²) in [4.78, 5) is 11.1. The summed E-state index contributed by atoms with van der Waals surface area (Å²) in [5.41, 5.74) is 0.677. The molecule has 0 saturated carbocycles. The van der Waals surface area contributed by atoms with E-state index in [1.807, 2.05) is 0 Å². The molecule has 98 valence electrons. The average Bonchev–Trinajstić information content (AvgIpc) is 2.79. The first-order valence-electron chi connectivity index (χ1n) is 5.71. The number of hydrogen-bond acceptors (Lipinski definition) is 3. The highest BCUT2D eigenvalue weighted by molar-refractivity contribution is 7.89. The van der Waals surface area contributed by atoms with Gasteiger partial charge >= 0.3 is 5.97 Å². The van der Waals surface area contributed by atoms with Crippen LogP contribution in [0.1, 0.15) is 12.0 Å². The lowest BCUT2D eigenvalue weighted by Gasteiger charge is -2.17. The summed E-state index contributed by atoms with van der Waals surface area (Å²) in [5.74, 6) is -1.53. The monoisotopic (exact) mass is 269 g/mol. The van der Waals surface area contributed by atoms with Crippen LogP contribution >= 0.6 is 0 Å². The van der Waals surface area contributed by atoms with Crippen LogP contribution in [0.2, 0.25) is 0 Å². The minimum atomic E-state index is -3.57. The van der Waals surface area contributed by atoms with Crippen LogP contribution in [0.4, 0.5) is 0 Å². The fourth-order valence-corrected chi connectivity index (χ4v) is 3.86. The Balaban J connectivity index is 2.29. The molecule has 0 spiro atoms. The van der Waals surface area contributed by atoms with E-state index in [1.165, 1.54) is 4.31 Å². The smallest absolute Gasteiger partial charge is 0.307 e. The van der Waals surface area contributed by atoms with Crippen molar-refractivity contribution in [2.75, 3.05) is 13.1 Å². The molecule has 1 aliphatic rings. The maximum Gasteiger partial charge on any atom is 0.307 e. The molecule has 18 heavy (non-hydrogen) atoms. The van der Waals surface area contributed by atoms with Crippen molar-refractivity contribution < 1.29 is 18.3 Å². The van der Waals surface area contributed by atoms with Crippen molar-refractivity contribution >= 4 is 16.0 Å². The van der Waals surface area contributed by atoms with E-state index in [9.17, 15) is 13.2 Å². The number of sulfonamides is 1. The lowest BCUT2D eigenvalue weighted by atomic mass is 10.1. The van der Waals surface area contributed by atoms with Crippen LogP contribution in [0.15, 0.2) is 29.2 Å². The summed E-state index contributed by atoms with van der Waals surface area (Å²) in [6.07, 6.45) is 0.375. The first-order chi connectivity index (χ1) is 8.43. The zero-order valence-electron chi connectivity index (χ0n) is 10.0. The minimum absolute atomic E-state index is 0.0615. The van der Waals surface area contributed by atoms with Gasteiger partial charge in [0.05, 0.1) is 10.8 Å². The second-order valence-electron chi connectivity index (χ2n) is 4.45. The van der Waals surface area contributed by atoms with E-state index in [0.717, 1.165) is 0 Å². The molecule has 0 radical (unpaired) electrons. The number of nitrogens with zero attached hydrogens (tertiary/aromatic N) is 1. The molecule has 1 unspecified atom stereocenters. The molecule has 2 rings (SSSR count). The van der Waals surface area contributed by atoms with E-state index in [1.54, 1.807) is 31.2 Å². The van der Waals surface area contributed by atoms with Crippen LogP contribution in [0.3, 0.4) is 0 Å². The Morgan fingerprint density at radius 2 is 2.06 bits per heavy atom. The lowest BCUT2D eigenvalue weighted by Crippen LogP contribution is -2.30. The van der Waals surface area contributed by atoms with Gasteiger partial charge < -0.3 is 5.11 Å². The van der Waals surface area contributed by atoms with Gasteiger partial charge in [0.1, 0.15) is 0 Å². The van der Waals surface area contributed by atoms with Gasteiger partial charge in [-0.2, -0.15) is 4.31 Å². The summed E-state index contributed by atoms with van der Waals surface area (Å²) in [5, 5.41) is 8.90. The normalized spacial score (nSPS) is 21.1. The summed E-state index contributed by atoms with van der Waals surface area (Å²) >= 11 is 0. The average molecular weight is 269 g/mol. The molecular weight excluding hydrogens is 254 g/mol. The van der Waals surface area contributed by atoms with E-state index < -0.39 is 21.9 Å². The molecule has 1 aliphatic heterocycles. The van der Waals surface area contributed by atoms with Gasteiger partial charge in [0, 0.05) is 13.1 Å². The molecular formula is C12H15NO4S. The molecule has 0 aliphatic carbocycles. The fraction of sp³-hybridized carbons (Fsp3) is 0.417. The van der Waals surface area contributed by atoms with Crippen LogP contribution in [0.25, 0.3) is 0 Å². The third kappa shape index (κ3) is 2.26. The topological polar surface area (TPSA) is 74.7 Å². The maximum atomic E-state index is 12.4. The zero-order valence-corrected chi connectivity index (χ0v) is 10.9. The number of carboxylic acids is 1. The van der Waals surface area contributed by atoms with Crippen molar-refractivity contribution in [2.45, 2.75) is 18.2 Å². The van der Waals surface area contributed by atoms with Gasteiger partial charge in [-0.05, 0) is 25.0 Å². The summed E-state index contributed by atoms with van der Waals surface area (Å²) in [6, 6.07) is 6.74. The number of hydrogen-bond donors (Lipinski definition) is 1. The van der Waals surface area contributed by atoms with Gasteiger partial charge in [-0.15, -0.1) is 0 Å². The summed E-state index contributed by atoms with van der Waals surface area (Å²) < 4.78 is 26.0. The third-order valence-electron chi connectivity index (χ3n) is 3.21. The quantitative estimate of drug-likeness (QED) is 0.891. The largest absolute Gasteiger partial charge is 0.481 e. The Bertz CT molecular complexity index is 567. The Labute approximate surface area is 106 Å². The van der Waals surface area contributed by atoms with Crippen LogP contribution in [0.5, 0.6) is 0 Å². The van der Waals surface area contributed by atoms with Gasteiger partial charge in [0.2, 0.25) is 10.0 Å². The van der Waals surface area contributed by atoms with E-state index in [4.69, 9.17) is 5.11 Å². The Morgan fingerprint density at radius 1 is 1.39 bits per heavy atom. The van der Waals surface area contributed by atoms with Crippen LogP contribution in [-0.4, -0.2) is 36.9 Å². The number of rotatable bonds is 3. The van der Waals surface area contributed by atoms with Crippen molar-refractivity contribution in [3.63, 3.8) is 0 Å². The standard InChI is InChI=1S/C12H15NO4S/c1-9-4-2-3-5-11(9)18(16,17)13-7-6-10(8-13)12(14)15/h2-5,10H,6-8H2,1H3,(H,14,15). The fourth-order valence-electron chi connectivity index (χ4n) is 2.13. The van der Waals surface area contributed by atoms with Crippen LogP contribution in [-0.2, 0) is 14.8 Å². The molecule has 1 saturated heterocycles. The minimum Gasteiger partial charge on any atom is -0.481 e. The highest BCUT2D eigenvalue weighted by Crippen LogP contribution is 2.26. The van der Waals surface area contributed by atoms with E-state index >= 15 is 0 Å². The van der Waals surface area contributed by atoms with E-state index in [0.29, 0.717) is 12.0 Å². The van der Waals surface area contributed by atoms with Crippen molar-refractivity contribution in [3.8, 4) is 0 Å². The number of carboxylic acid groups (broad SMARTS) is 1. The van der Waals surface area contributed by atoms with Crippen LogP contribution in [0, 0.1) is 12.8 Å². The summed E-state index contributed by atoms with van der Waals surface area (Å²) in [6.45, 7) is 2.07. The molecule has 1 aromatic carbocycles. The molecule has 5 nitrogen and oxygen atoms in total. The predicted molar refractivity (Wildman–Crippen MR) is 65.7 cm³/mol. The van der Waals surface area contributed by atoms with Crippen molar-refractivity contribution in [2.24, 2.45) is 5.92 Å². The molecule has 0 amide bonds. The molecule has 0 aromatic heterocycles. The molecule has 6 heteroatoms. The van der Waals surface area contributed by atoms with Crippen molar-refractivity contribution in [3.05, 3.63) is 29.8 Å². The number of aryl methyl sites for hydroxylation is 1. The highest BCUT2D eigenvalue weighted by Gasteiger charge is 2.36. The highest BCUT2D eigenvalue weighted by atomic mass is 32.2. The zero-order chi connectivity index (χ0) is 13.3. The molecule has 1 heterocycles. The molecule has 1 aromatic rings. The van der Waals surface area contributed by atoms with Crippen molar-refractivity contribution in [1.82, 2.24) is 4.31 Å². The molecule has 1 atom stereocenters. The Kier molecular flexibility index (Phi) is 3.41. The lowest BCUT2D eigenvalue weighted by molar-refractivity contribution is -0.141. The maximum absolute atomic E-state index is 12.4. The second-order valence-corrected chi connectivity index (χ2v) is 6.36.